The molecule has 5 heteroatoms. The van der Waals surface area contributed by atoms with Gasteiger partial charge in [-0.05, 0) is 33.1 Å². The van der Waals surface area contributed by atoms with Crippen LogP contribution in [0.1, 0.15) is 34.8 Å². The van der Waals surface area contributed by atoms with Gasteiger partial charge in [0.25, 0.3) is 0 Å². The minimum Gasteiger partial charge on any atom is -0.325 e. The molecule has 4 nitrogen and oxygen atoms in total. The summed E-state index contributed by atoms with van der Waals surface area (Å²) in [7, 11) is 1.86. The van der Waals surface area contributed by atoms with Crippen LogP contribution in [0.5, 0.6) is 0 Å². The Morgan fingerprint density at radius 1 is 1.33 bits per heavy atom. The van der Waals surface area contributed by atoms with Gasteiger partial charge in [0.05, 0.1) is 12.2 Å². The van der Waals surface area contributed by atoms with Gasteiger partial charge in [0.15, 0.2) is 0 Å². The van der Waals surface area contributed by atoms with Crippen LogP contribution in [0.25, 0.3) is 0 Å². The number of nitrogens with zero attached hydrogens (tertiary/aromatic N) is 3. The summed E-state index contributed by atoms with van der Waals surface area (Å²) >= 11 is 1.68. The molecule has 2 amide bonds. The van der Waals surface area contributed by atoms with Crippen LogP contribution in [0, 0.1) is 13.8 Å². The van der Waals surface area contributed by atoms with Crippen LogP contribution in [0.3, 0.4) is 0 Å². The lowest BCUT2D eigenvalue weighted by Gasteiger charge is -2.30. The molecule has 0 radical (unpaired) electrons. The zero-order valence-electron chi connectivity index (χ0n) is 11.4. The lowest BCUT2D eigenvalue weighted by Crippen LogP contribution is -2.43. The van der Waals surface area contributed by atoms with Crippen LogP contribution in [-0.4, -0.2) is 41.0 Å². The van der Waals surface area contributed by atoms with Crippen molar-refractivity contribution in [2.45, 2.75) is 39.7 Å². The number of aryl methyl sites for hydroxylation is 2. The third-order valence-corrected chi connectivity index (χ3v) is 4.46. The molecule has 100 valence electrons. The van der Waals surface area contributed by atoms with Crippen LogP contribution >= 0.6 is 11.3 Å². The Morgan fingerprint density at radius 2 is 2.00 bits per heavy atom. The predicted molar refractivity (Wildman–Crippen MR) is 73.9 cm³/mol. The summed E-state index contributed by atoms with van der Waals surface area (Å²) in [5, 5.41) is 1.03. The fraction of sp³-hybridized carbons (Fsp3) is 0.692. The number of carbonyl (C=O) groups is 1. The van der Waals surface area contributed by atoms with Crippen LogP contribution in [-0.2, 0) is 6.54 Å². The van der Waals surface area contributed by atoms with Crippen molar-refractivity contribution in [3.63, 3.8) is 0 Å². The average molecular weight is 267 g/mol. The average Bonchev–Trinajstić information content (AvgIpc) is 2.68. The van der Waals surface area contributed by atoms with Gasteiger partial charge in [-0.25, -0.2) is 9.78 Å². The van der Waals surface area contributed by atoms with Gasteiger partial charge in [0, 0.05) is 25.0 Å². The van der Waals surface area contributed by atoms with Crippen molar-refractivity contribution >= 4 is 17.4 Å². The summed E-state index contributed by atoms with van der Waals surface area (Å²) in [6, 6.07) is 0.139. The lowest BCUT2D eigenvalue weighted by atomic mass is 10.1. The van der Waals surface area contributed by atoms with Gasteiger partial charge < -0.3 is 9.80 Å². The van der Waals surface area contributed by atoms with Gasteiger partial charge in [-0.15, -0.1) is 11.3 Å². The Kier molecular flexibility index (Phi) is 4.22. The van der Waals surface area contributed by atoms with Gasteiger partial charge in [0.1, 0.15) is 5.01 Å². The van der Waals surface area contributed by atoms with E-state index < -0.39 is 0 Å². The second-order valence-corrected chi connectivity index (χ2v) is 6.22. The Morgan fingerprint density at radius 3 is 2.56 bits per heavy atom. The first-order valence-electron chi connectivity index (χ1n) is 6.51. The van der Waals surface area contributed by atoms with E-state index in [-0.39, 0.29) is 6.03 Å². The quantitative estimate of drug-likeness (QED) is 0.826. The maximum atomic E-state index is 12.2. The van der Waals surface area contributed by atoms with Gasteiger partial charge >= 0.3 is 6.03 Å². The van der Waals surface area contributed by atoms with Crippen LogP contribution in [0.15, 0.2) is 0 Å². The van der Waals surface area contributed by atoms with Crippen molar-refractivity contribution in [1.29, 1.82) is 0 Å². The minimum atomic E-state index is 0.139. The maximum Gasteiger partial charge on any atom is 0.320 e. The molecular weight excluding hydrogens is 246 g/mol. The van der Waals surface area contributed by atoms with Gasteiger partial charge in [0.2, 0.25) is 0 Å². The van der Waals surface area contributed by atoms with E-state index in [9.17, 15) is 4.79 Å². The summed E-state index contributed by atoms with van der Waals surface area (Å²) in [5.74, 6) is 0. The molecule has 0 aliphatic carbocycles. The van der Waals surface area contributed by atoms with Crippen molar-refractivity contribution in [2.24, 2.45) is 0 Å². The standard InChI is InChI=1S/C13H21N3OS/c1-10-11(2)18-12(14-10)9-15(3)13(17)16-7-5-4-6-8-16/h4-9H2,1-3H3. The number of aromatic nitrogens is 1. The molecule has 0 atom stereocenters. The number of likely N-dealkylation sites (tertiary alicyclic amines) is 1. The smallest absolute Gasteiger partial charge is 0.320 e. The molecule has 0 N–H and O–H groups in total. The number of thiazole rings is 1. The molecule has 1 aliphatic heterocycles. The number of amides is 2. The first-order valence-corrected chi connectivity index (χ1v) is 7.32. The lowest BCUT2D eigenvalue weighted by molar-refractivity contribution is 0.151. The molecule has 1 aromatic rings. The summed E-state index contributed by atoms with van der Waals surface area (Å²) < 4.78 is 0. The third-order valence-electron chi connectivity index (χ3n) is 3.40. The molecule has 2 heterocycles. The summed E-state index contributed by atoms with van der Waals surface area (Å²) in [5.41, 5.74) is 1.08. The highest BCUT2D eigenvalue weighted by molar-refractivity contribution is 7.11. The highest BCUT2D eigenvalue weighted by atomic mass is 32.1. The number of hydrogen-bond acceptors (Lipinski definition) is 3. The number of rotatable bonds is 2. The highest BCUT2D eigenvalue weighted by Crippen LogP contribution is 2.18. The van der Waals surface area contributed by atoms with E-state index in [2.05, 4.69) is 11.9 Å². The first kappa shape index (κ1) is 13.3. The van der Waals surface area contributed by atoms with Crippen molar-refractivity contribution in [2.75, 3.05) is 20.1 Å². The molecule has 0 spiro atoms. The van der Waals surface area contributed by atoms with E-state index in [4.69, 9.17) is 0 Å². The molecule has 1 fully saturated rings. The van der Waals surface area contributed by atoms with E-state index >= 15 is 0 Å². The maximum absolute atomic E-state index is 12.2. The van der Waals surface area contributed by atoms with Crippen LogP contribution < -0.4 is 0 Å². The van der Waals surface area contributed by atoms with Crippen molar-refractivity contribution in [3.05, 3.63) is 15.6 Å². The topological polar surface area (TPSA) is 36.4 Å². The SMILES string of the molecule is Cc1nc(CN(C)C(=O)N2CCCCC2)sc1C. The van der Waals surface area contributed by atoms with E-state index in [1.54, 1.807) is 16.2 Å². The molecule has 0 saturated carbocycles. The monoisotopic (exact) mass is 267 g/mol. The number of hydrogen-bond donors (Lipinski definition) is 0. The fourth-order valence-corrected chi connectivity index (χ4v) is 3.19. The van der Waals surface area contributed by atoms with Crippen molar-refractivity contribution in [3.8, 4) is 0 Å². The van der Waals surface area contributed by atoms with Gasteiger partial charge in [-0.2, -0.15) is 0 Å². The Labute approximate surface area is 113 Å². The summed E-state index contributed by atoms with van der Waals surface area (Å²) in [4.78, 5) is 21.7. The molecule has 2 rings (SSSR count). The Bertz CT molecular complexity index is 404. The third kappa shape index (κ3) is 3.02. The summed E-state index contributed by atoms with van der Waals surface area (Å²) in [6.07, 6.45) is 3.52. The van der Waals surface area contributed by atoms with E-state index in [1.165, 1.54) is 11.3 Å². The normalized spacial score (nSPS) is 15.8. The summed E-state index contributed by atoms with van der Waals surface area (Å²) in [6.45, 7) is 6.51. The molecule has 1 aromatic heterocycles. The van der Waals surface area contributed by atoms with Gasteiger partial charge in [-0.1, -0.05) is 0 Å². The largest absolute Gasteiger partial charge is 0.325 e. The van der Waals surface area contributed by atoms with E-state index in [0.29, 0.717) is 6.54 Å². The minimum absolute atomic E-state index is 0.139. The second kappa shape index (κ2) is 5.69. The first-order chi connectivity index (χ1) is 8.58. The van der Waals surface area contributed by atoms with Gasteiger partial charge in [-0.3, -0.25) is 0 Å². The zero-order chi connectivity index (χ0) is 13.1. The van der Waals surface area contributed by atoms with Crippen molar-refractivity contribution < 1.29 is 4.79 Å². The molecule has 18 heavy (non-hydrogen) atoms. The van der Waals surface area contributed by atoms with Crippen LogP contribution in [0.2, 0.25) is 0 Å². The second-order valence-electron chi connectivity index (χ2n) is 4.94. The highest BCUT2D eigenvalue weighted by Gasteiger charge is 2.20. The number of urea groups is 1. The molecular formula is C13H21N3OS. The zero-order valence-corrected chi connectivity index (χ0v) is 12.2. The fourth-order valence-electron chi connectivity index (χ4n) is 2.20. The number of piperidine rings is 1. The Balaban J connectivity index is 1.94. The predicted octanol–water partition coefficient (Wildman–Crippen LogP) is 2.80. The molecule has 1 aliphatic rings. The Hall–Kier alpha value is -1.10. The molecule has 1 saturated heterocycles. The number of carbonyl (C=O) groups excluding carboxylic acids is 1. The van der Waals surface area contributed by atoms with Crippen molar-refractivity contribution in [1.82, 2.24) is 14.8 Å². The molecule has 0 unspecified atom stereocenters. The molecule has 0 bridgehead atoms. The van der Waals surface area contributed by atoms with E-state index in [0.717, 1.165) is 36.6 Å². The van der Waals surface area contributed by atoms with Crippen LogP contribution in [0.4, 0.5) is 4.79 Å². The van der Waals surface area contributed by atoms with E-state index in [1.807, 2.05) is 18.9 Å². The molecule has 0 aromatic carbocycles.